The predicted molar refractivity (Wildman–Crippen MR) is 118 cm³/mol. The zero-order valence-corrected chi connectivity index (χ0v) is 17.7. The van der Waals surface area contributed by atoms with Gasteiger partial charge in [-0.05, 0) is 29.7 Å². The standard InChI is InChI=1S/C23H28N2O4S/c26-23(29-14-18-4-2-1-3-5-18)22-21(25-10-11-27-22)15-28-19-8-6-17(7-9-19)12-20-13-24-16-30-20/h1-9,20-22,24-25H,10-16H2/t20?,21-,22-/m0/s1. The van der Waals surface area contributed by atoms with Crippen molar-refractivity contribution in [3.05, 3.63) is 65.7 Å². The Morgan fingerprint density at radius 2 is 1.93 bits per heavy atom. The molecule has 4 rings (SSSR count). The maximum Gasteiger partial charge on any atom is 0.337 e. The van der Waals surface area contributed by atoms with Crippen LogP contribution in [0.25, 0.3) is 0 Å². The summed E-state index contributed by atoms with van der Waals surface area (Å²) in [6.45, 7) is 2.81. The Bertz CT molecular complexity index is 797. The van der Waals surface area contributed by atoms with Gasteiger partial charge in [-0.15, -0.1) is 11.8 Å². The summed E-state index contributed by atoms with van der Waals surface area (Å²) in [6.07, 6.45) is 0.388. The van der Waals surface area contributed by atoms with Crippen molar-refractivity contribution in [2.24, 2.45) is 0 Å². The molecule has 0 aromatic heterocycles. The minimum atomic E-state index is -0.673. The maximum absolute atomic E-state index is 12.6. The number of nitrogens with one attached hydrogen (secondary N) is 2. The molecule has 160 valence electrons. The molecule has 2 aromatic rings. The Balaban J connectivity index is 1.27. The molecule has 0 radical (unpaired) electrons. The second kappa shape index (κ2) is 10.8. The molecular weight excluding hydrogens is 400 g/mol. The Morgan fingerprint density at radius 1 is 1.10 bits per heavy atom. The summed E-state index contributed by atoms with van der Waals surface area (Å²) in [5.74, 6) is 1.47. The summed E-state index contributed by atoms with van der Waals surface area (Å²) in [4.78, 5) is 12.6. The maximum atomic E-state index is 12.6. The van der Waals surface area contributed by atoms with Crippen molar-refractivity contribution in [2.75, 3.05) is 32.2 Å². The Labute approximate surface area is 181 Å². The molecule has 2 saturated heterocycles. The molecule has 2 heterocycles. The average Bonchev–Trinajstić information content (AvgIpc) is 3.31. The lowest BCUT2D eigenvalue weighted by Crippen LogP contribution is -2.55. The van der Waals surface area contributed by atoms with Crippen LogP contribution in [0.1, 0.15) is 11.1 Å². The zero-order valence-electron chi connectivity index (χ0n) is 16.9. The monoisotopic (exact) mass is 428 g/mol. The van der Waals surface area contributed by atoms with Crippen molar-refractivity contribution in [3.8, 4) is 5.75 Å². The normalized spacial score (nSPS) is 23.8. The Morgan fingerprint density at radius 3 is 2.70 bits per heavy atom. The van der Waals surface area contributed by atoms with Crippen molar-refractivity contribution >= 4 is 17.7 Å². The van der Waals surface area contributed by atoms with E-state index in [-0.39, 0.29) is 18.6 Å². The molecule has 2 fully saturated rings. The summed E-state index contributed by atoms with van der Waals surface area (Å²) in [6, 6.07) is 17.6. The molecule has 30 heavy (non-hydrogen) atoms. The van der Waals surface area contributed by atoms with Gasteiger partial charge in [0.05, 0.1) is 12.6 Å². The van der Waals surface area contributed by atoms with E-state index >= 15 is 0 Å². The fourth-order valence-electron chi connectivity index (χ4n) is 3.60. The molecule has 2 N–H and O–H groups in total. The van der Waals surface area contributed by atoms with E-state index in [9.17, 15) is 4.79 Å². The van der Waals surface area contributed by atoms with E-state index < -0.39 is 6.10 Å². The van der Waals surface area contributed by atoms with Gasteiger partial charge >= 0.3 is 5.97 Å². The van der Waals surface area contributed by atoms with E-state index in [4.69, 9.17) is 14.2 Å². The van der Waals surface area contributed by atoms with E-state index in [2.05, 4.69) is 22.8 Å². The summed E-state index contributed by atoms with van der Waals surface area (Å²) in [5.41, 5.74) is 2.26. The van der Waals surface area contributed by atoms with Crippen molar-refractivity contribution in [1.29, 1.82) is 0 Å². The van der Waals surface area contributed by atoms with E-state index in [1.807, 2.05) is 54.2 Å². The minimum Gasteiger partial charge on any atom is -0.492 e. The highest BCUT2D eigenvalue weighted by atomic mass is 32.2. The van der Waals surface area contributed by atoms with Crippen LogP contribution in [0.2, 0.25) is 0 Å². The van der Waals surface area contributed by atoms with E-state index in [0.29, 0.717) is 25.0 Å². The third kappa shape index (κ3) is 5.98. The number of hydrogen-bond donors (Lipinski definition) is 2. The number of hydrogen-bond acceptors (Lipinski definition) is 7. The molecule has 3 atom stereocenters. The fraction of sp³-hybridized carbons (Fsp3) is 0.435. The van der Waals surface area contributed by atoms with Gasteiger partial charge in [-0.3, -0.25) is 0 Å². The number of esters is 1. The van der Waals surface area contributed by atoms with Crippen molar-refractivity contribution in [3.63, 3.8) is 0 Å². The molecule has 0 bridgehead atoms. The van der Waals surface area contributed by atoms with Crippen LogP contribution in [0.5, 0.6) is 5.75 Å². The fourth-order valence-corrected chi connectivity index (χ4v) is 4.62. The first kappa shape index (κ1) is 21.2. The number of rotatable bonds is 8. The first-order valence-electron chi connectivity index (χ1n) is 10.4. The molecule has 2 aromatic carbocycles. The van der Waals surface area contributed by atoms with Crippen LogP contribution in [0.4, 0.5) is 0 Å². The number of carbonyl (C=O) groups excluding carboxylic acids is 1. The Hall–Kier alpha value is -2.06. The number of thioether (sulfide) groups is 1. The molecular formula is C23H28N2O4S. The van der Waals surface area contributed by atoms with Crippen molar-refractivity contribution in [2.45, 2.75) is 30.4 Å². The summed E-state index contributed by atoms with van der Waals surface area (Å²) >= 11 is 1.97. The lowest BCUT2D eigenvalue weighted by atomic mass is 10.1. The number of benzene rings is 2. The van der Waals surface area contributed by atoms with Gasteiger partial charge in [-0.2, -0.15) is 0 Å². The highest BCUT2D eigenvalue weighted by molar-refractivity contribution is 8.00. The van der Waals surface area contributed by atoms with Crippen LogP contribution in [0.15, 0.2) is 54.6 Å². The lowest BCUT2D eigenvalue weighted by Gasteiger charge is -2.31. The minimum absolute atomic E-state index is 0.239. The topological polar surface area (TPSA) is 68.8 Å². The van der Waals surface area contributed by atoms with Crippen LogP contribution in [0.3, 0.4) is 0 Å². The largest absolute Gasteiger partial charge is 0.492 e. The molecule has 0 aliphatic carbocycles. The van der Waals surface area contributed by atoms with E-state index in [0.717, 1.165) is 30.2 Å². The highest BCUT2D eigenvalue weighted by Gasteiger charge is 2.33. The molecule has 7 heteroatoms. The van der Waals surface area contributed by atoms with Gasteiger partial charge in [-0.1, -0.05) is 42.5 Å². The Kier molecular flexibility index (Phi) is 7.64. The summed E-state index contributed by atoms with van der Waals surface area (Å²) in [5, 5.41) is 7.33. The third-order valence-electron chi connectivity index (χ3n) is 5.24. The average molecular weight is 429 g/mol. The van der Waals surface area contributed by atoms with Gasteiger partial charge in [0.2, 0.25) is 0 Å². The van der Waals surface area contributed by atoms with Crippen LogP contribution in [-0.4, -0.2) is 55.5 Å². The van der Waals surface area contributed by atoms with Gasteiger partial charge in [0.1, 0.15) is 19.0 Å². The van der Waals surface area contributed by atoms with Crippen molar-refractivity contribution < 1.29 is 19.0 Å². The van der Waals surface area contributed by atoms with Crippen LogP contribution >= 0.6 is 11.8 Å². The van der Waals surface area contributed by atoms with Crippen LogP contribution < -0.4 is 15.4 Å². The summed E-state index contributed by atoms with van der Waals surface area (Å²) < 4.78 is 17.1. The quantitative estimate of drug-likeness (QED) is 0.626. The molecule has 2 aliphatic rings. The molecule has 0 amide bonds. The van der Waals surface area contributed by atoms with Crippen LogP contribution in [-0.2, 0) is 27.3 Å². The summed E-state index contributed by atoms with van der Waals surface area (Å²) in [7, 11) is 0. The smallest absolute Gasteiger partial charge is 0.337 e. The van der Waals surface area contributed by atoms with Gasteiger partial charge in [0.15, 0.2) is 6.10 Å². The molecule has 0 saturated carbocycles. The zero-order chi connectivity index (χ0) is 20.6. The first-order valence-corrected chi connectivity index (χ1v) is 11.4. The van der Waals surface area contributed by atoms with Crippen molar-refractivity contribution in [1.82, 2.24) is 10.6 Å². The highest BCUT2D eigenvalue weighted by Crippen LogP contribution is 2.21. The number of ether oxygens (including phenoxy) is 3. The molecule has 0 spiro atoms. The predicted octanol–water partition coefficient (Wildman–Crippen LogP) is 2.37. The molecule has 1 unspecified atom stereocenters. The number of morpholine rings is 1. The molecule has 6 nitrogen and oxygen atoms in total. The lowest BCUT2D eigenvalue weighted by molar-refractivity contribution is -0.164. The van der Waals surface area contributed by atoms with E-state index in [1.54, 1.807) is 0 Å². The van der Waals surface area contributed by atoms with Gasteiger partial charge in [0, 0.05) is 24.2 Å². The van der Waals surface area contributed by atoms with Gasteiger partial charge in [-0.25, -0.2) is 4.79 Å². The first-order chi connectivity index (χ1) is 14.8. The second-order valence-corrected chi connectivity index (χ2v) is 8.78. The SMILES string of the molecule is O=C(OCc1ccccc1)[C@H]1OCCN[C@H]1COc1ccc(CC2CNCS2)cc1. The van der Waals surface area contributed by atoms with Crippen LogP contribution in [0, 0.1) is 0 Å². The molecule has 2 aliphatic heterocycles. The second-order valence-electron chi connectivity index (χ2n) is 7.49. The van der Waals surface area contributed by atoms with Gasteiger partial charge in [0.25, 0.3) is 0 Å². The van der Waals surface area contributed by atoms with E-state index in [1.165, 1.54) is 5.56 Å². The van der Waals surface area contributed by atoms with Gasteiger partial charge < -0.3 is 24.8 Å². The number of carbonyl (C=O) groups is 1. The third-order valence-corrected chi connectivity index (χ3v) is 6.41.